The van der Waals surface area contributed by atoms with Crippen LogP contribution in [0, 0.1) is 24.0 Å². The topological polar surface area (TPSA) is 90.1 Å². The molecule has 1 amide bonds. The SMILES string of the molecule is CCC(CNC(=O)Cn1nc(C)c([N+](=O)[O-])c1C)c1ccccc1. The molecular weight excluding hydrogens is 308 g/mol. The van der Waals surface area contributed by atoms with Gasteiger partial charge in [0.05, 0.1) is 4.92 Å². The van der Waals surface area contributed by atoms with Gasteiger partial charge in [0, 0.05) is 12.5 Å². The molecule has 0 bridgehead atoms. The Balaban J connectivity index is 1.99. The van der Waals surface area contributed by atoms with Crippen molar-refractivity contribution in [3.05, 3.63) is 57.4 Å². The molecule has 2 aromatic rings. The number of rotatable bonds is 7. The molecule has 7 nitrogen and oxygen atoms in total. The zero-order valence-electron chi connectivity index (χ0n) is 14.2. The summed E-state index contributed by atoms with van der Waals surface area (Å²) in [4.78, 5) is 22.7. The van der Waals surface area contributed by atoms with Crippen molar-refractivity contribution in [2.45, 2.75) is 39.7 Å². The molecular formula is C17H22N4O3. The van der Waals surface area contributed by atoms with Crippen molar-refractivity contribution in [3.63, 3.8) is 0 Å². The third kappa shape index (κ3) is 3.98. The van der Waals surface area contributed by atoms with Gasteiger partial charge in [-0.2, -0.15) is 5.10 Å². The van der Waals surface area contributed by atoms with Gasteiger partial charge in [0.15, 0.2) is 0 Å². The number of aromatic nitrogens is 2. The maximum absolute atomic E-state index is 12.2. The Morgan fingerprint density at radius 1 is 1.33 bits per heavy atom. The van der Waals surface area contributed by atoms with Crippen molar-refractivity contribution in [1.29, 1.82) is 0 Å². The van der Waals surface area contributed by atoms with E-state index in [0.717, 1.165) is 6.42 Å². The Hall–Kier alpha value is -2.70. The number of nitro groups is 1. The molecule has 0 aliphatic carbocycles. The van der Waals surface area contributed by atoms with Crippen LogP contribution in [-0.2, 0) is 11.3 Å². The first-order valence-electron chi connectivity index (χ1n) is 7.94. The van der Waals surface area contributed by atoms with Gasteiger partial charge in [0.25, 0.3) is 0 Å². The van der Waals surface area contributed by atoms with E-state index in [2.05, 4.69) is 17.3 Å². The van der Waals surface area contributed by atoms with Crippen LogP contribution in [0.5, 0.6) is 0 Å². The average molecular weight is 330 g/mol. The third-order valence-corrected chi connectivity index (χ3v) is 4.13. The van der Waals surface area contributed by atoms with Crippen molar-refractivity contribution >= 4 is 11.6 Å². The van der Waals surface area contributed by atoms with E-state index in [1.54, 1.807) is 13.8 Å². The summed E-state index contributed by atoms with van der Waals surface area (Å²) in [5.74, 6) is 0.0369. The molecule has 1 heterocycles. The molecule has 128 valence electrons. The van der Waals surface area contributed by atoms with Gasteiger partial charge in [-0.1, -0.05) is 37.3 Å². The number of nitrogens with one attached hydrogen (secondary N) is 1. The van der Waals surface area contributed by atoms with Crippen LogP contribution in [0.4, 0.5) is 5.69 Å². The first-order valence-corrected chi connectivity index (χ1v) is 7.94. The molecule has 0 aliphatic rings. The Morgan fingerprint density at radius 2 is 2.00 bits per heavy atom. The van der Waals surface area contributed by atoms with Crippen molar-refractivity contribution < 1.29 is 9.72 Å². The number of aryl methyl sites for hydroxylation is 1. The number of hydrogen-bond acceptors (Lipinski definition) is 4. The lowest BCUT2D eigenvalue weighted by atomic mass is 9.96. The number of nitrogens with zero attached hydrogens (tertiary/aromatic N) is 3. The van der Waals surface area contributed by atoms with Crippen LogP contribution < -0.4 is 5.32 Å². The van der Waals surface area contributed by atoms with Crippen molar-refractivity contribution in [3.8, 4) is 0 Å². The van der Waals surface area contributed by atoms with E-state index in [9.17, 15) is 14.9 Å². The zero-order valence-corrected chi connectivity index (χ0v) is 14.2. The van der Waals surface area contributed by atoms with Gasteiger partial charge in [-0.15, -0.1) is 0 Å². The van der Waals surface area contributed by atoms with E-state index < -0.39 is 4.92 Å². The average Bonchev–Trinajstić information content (AvgIpc) is 2.83. The summed E-state index contributed by atoms with van der Waals surface area (Å²) in [5, 5.41) is 18.0. The van der Waals surface area contributed by atoms with Crippen LogP contribution in [0.25, 0.3) is 0 Å². The highest BCUT2D eigenvalue weighted by Gasteiger charge is 2.22. The van der Waals surface area contributed by atoms with Gasteiger partial charge in [0.1, 0.15) is 17.9 Å². The minimum absolute atomic E-state index is 0.0221. The second kappa shape index (κ2) is 7.72. The van der Waals surface area contributed by atoms with Crippen LogP contribution in [0.2, 0.25) is 0 Å². The highest BCUT2D eigenvalue weighted by molar-refractivity contribution is 5.76. The highest BCUT2D eigenvalue weighted by atomic mass is 16.6. The molecule has 24 heavy (non-hydrogen) atoms. The van der Waals surface area contributed by atoms with Crippen LogP contribution in [0.3, 0.4) is 0 Å². The molecule has 1 aromatic carbocycles. The first kappa shape index (κ1) is 17.7. The quantitative estimate of drug-likeness (QED) is 0.624. The largest absolute Gasteiger partial charge is 0.354 e. The molecule has 1 aromatic heterocycles. The maximum atomic E-state index is 12.2. The number of benzene rings is 1. The molecule has 1 atom stereocenters. The van der Waals surface area contributed by atoms with Gasteiger partial charge in [-0.3, -0.25) is 19.6 Å². The van der Waals surface area contributed by atoms with Crippen molar-refractivity contribution in [2.75, 3.05) is 6.54 Å². The Kier molecular flexibility index (Phi) is 5.68. The first-order chi connectivity index (χ1) is 11.4. The predicted octanol–water partition coefficient (Wildman–Crippen LogP) is 2.72. The van der Waals surface area contributed by atoms with Gasteiger partial charge in [-0.05, 0) is 25.8 Å². The van der Waals surface area contributed by atoms with E-state index in [1.165, 1.54) is 10.2 Å². The summed E-state index contributed by atoms with van der Waals surface area (Å²) in [6.45, 7) is 5.76. The molecule has 0 spiro atoms. The van der Waals surface area contributed by atoms with Gasteiger partial charge in [-0.25, -0.2) is 0 Å². The predicted molar refractivity (Wildman–Crippen MR) is 90.8 cm³/mol. The standard InChI is InChI=1S/C17H22N4O3/c1-4-14(15-8-6-5-7-9-15)10-18-16(22)11-20-13(3)17(21(23)24)12(2)19-20/h5-9,14H,4,10-11H2,1-3H3,(H,18,22). The Morgan fingerprint density at radius 3 is 2.54 bits per heavy atom. The van der Waals surface area contributed by atoms with Crippen molar-refractivity contribution in [2.24, 2.45) is 0 Å². The van der Waals surface area contributed by atoms with E-state index in [1.807, 2.05) is 30.3 Å². The van der Waals surface area contributed by atoms with Crippen LogP contribution in [-0.4, -0.2) is 27.2 Å². The number of amides is 1. The summed E-state index contributed by atoms with van der Waals surface area (Å²) in [6.07, 6.45) is 0.912. The van der Waals surface area contributed by atoms with E-state index >= 15 is 0 Å². The lowest BCUT2D eigenvalue weighted by Crippen LogP contribution is -2.31. The Bertz CT molecular complexity index is 725. The fraction of sp³-hybridized carbons (Fsp3) is 0.412. The maximum Gasteiger partial charge on any atom is 0.312 e. The molecule has 1 N–H and O–H groups in total. The van der Waals surface area contributed by atoms with E-state index in [4.69, 9.17) is 0 Å². The molecule has 2 rings (SSSR count). The van der Waals surface area contributed by atoms with E-state index in [0.29, 0.717) is 17.9 Å². The zero-order chi connectivity index (χ0) is 17.7. The normalized spacial score (nSPS) is 12.0. The number of hydrogen-bond donors (Lipinski definition) is 1. The third-order valence-electron chi connectivity index (χ3n) is 4.13. The van der Waals surface area contributed by atoms with Crippen molar-refractivity contribution in [1.82, 2.24) is 15.1 Å². The minimum atomic E-state index is -0.464. The number of carbonyl (C=O) groups excluding carboxylic acids is 1. The Labute approximate surface area is 140 Å². The fourth-order valence-corrected chi connectivity index (χ4v) is 2.76. The van der Waals surface area contributed by atoms with Gasteiger partial charge < -0.3 is 5.32 Å². The minimum Gasteiger partial charge on any atom is -0.354 e. The lowest BCUT2D eigenvalue weighted by Gasteiger charge is -2.16. The molecule has 0 aliphatic heterocycles. The summed E-state index contributed by atoms with van der Waals surface area (Å²) in [6, 6.07) is 10.0. The summed E-state index contributed by atoms with van der Waals surface area (Å²) in [7, 11) is 0. The summed E-state index contributed by atoms with van der Waals surface area (Å²) in [5.41, 5.74) is 1.87. The molecule has 7 heteroatoms. The van der Waals surface area contributed by atoms with Gasteiger partial charge in [0.2, 0.25) is 5.91 Å². The summed E-state index contributed by atoms with van der Waals surface area (Å²) < 4.78 is 1.38. The molecule has 0 saturated heterocycles. The number of carbonyl (C=O) groups is 1. The van der Waals surface area contributed by atoms with Gasteiger partial charge >= 0.3 is 5.69 Å². The van der Waals surface area contributed by atoms with Crippen LogP contribution >= 0.6 is 0 Å². The molecule has 0 fully saturated rings. The molecule has 0 saturated carbocycles. The second-order valence-corrected chi connectivity index (χ2v) is 5.75. The highest BCUT2D eigenvalue weighted by Crippen LogP contribution is 2.21. The second-order valence-electron chi connectivity index (χ2n) is 5.75. The molecule has 1 unspecified atom stereocenters. The smallest absolute Gasteiger partial charge is 0.312 e. The fourth-order valence-electron chi connectivity index (χ4n) is 2.76. The van der Waals surface area contributed by atoms with Crippen LogP contribution in [0.15, 0.2) is 30.3 Å². The summed E-state index contributed by atoms with van der Waals surface area (Å²) >= 11 is 0. The molecule has 0 radical (unpaired) electrons. The monoisotopic (exact) mass is 330 g/mol. The lowest BCUT2D eigenvalue weighted by molar-refractivity contribution is -0.386. The van der Waals surface area contributed by atoms with Crippen LogP contribution in [0.1, 0.15) is 36.2 Å². The van der Waals surface area contributed by atoms with E-state index in [-0.39, 0.29) is 24.1 Å².